The van der Waals surface area contributed by atoms with E-state index in [0.29, 0.717) is 0 Å². The van der Waals surface area contributed by atoms with Gasteiger partial charge in [-0.15, -0.1) is 13.2 Å². The molecule has 0 aliphatic carbocycles. The van der Waals surface area contributed by atoms with Crippen LogP contribution in [-0.4, -0.2) is 4.57 Å². The van der Waals surface area contributed by atoms with Crippen LogP contribution in [0.1, 0.15) is 5.56 Å². The fourth-order valence-corrected chi connectivity index (χ4v) is 1.04. The average molecular weight is 147 g/mol. The first-order chi connectivity index (χ1) is 5.36. The van der Waals surface area contributed by atoms with Gasteiger partial charge in [-0.2, -0.15) is 0 Å². The SMILES string of the molecule is C=CCc1ccn(CC=C)c1. The maximum Gasteiger partial charge on any atom is 0.0397 e. The smallest absolute Gasteiger partial charge is 0.0397 e. The minimum absolute atomic E-state index is 0.886. The summed E-state index contributed by atoms with van der Waals surface area (Å²) in [7, 11) is 0. The lowest BCUT2D eigenvalue weighted by molar-refractivity contribution is 0.828. The third kappa shape index (κ3) is 2.11. The molecule has 0 atom stereocenters. The van der Waals surface area contributed by atoms with Gasteiger partial charge in [-0.3, -0.25) is 0 Å². The quantitative estimate of drug-likeness (QED) is 0.576. The molecule has 0 N–H and O–H groups in total. The fraction of sp³-hybridized carbons (Fsp3) is 0.200. The van der Waals surface area contributed by atoms with Crippen LogP contribution >= 0.6 is 0 Å². The second-order valence-corrected chi connectivity index (χ2v) is 2.50. The number of hydrogen-bond acceptors (Lipinski definition) is 0. The molecule has 0 bridgehead atoms. The molecule has 1 rings (SSSR count). The van der Waals surface area contributed by atoms with E-state index in [4.69, 9.17) is 0 Å². The fourth-order valence-electron chi connectivity index (χ4n) is 1.04. The first kappa shape index (κ1) is 7.86. The molecule has 1 heteroatoms. The first-order valence-corrected chi connectivity index (χ1v) is 3.73. The Hall–Kier alpha value is -1.24. The van der Waals surface area contributed by atoms with Crippen LogP contribution in [0.4, 0.5) is 0 Å². The van der Waals surface area contributed by atoms with Crippen molar-refractivity contribution in [2.75, 3.05) is 0 Å². The third-order valence-corrected chi connectivity index (χ3v) is 1.53. The number of rotatable bonds is 4. The highest BCUT2D eigenvalue weighted by Crippen LogP contribution is 2.02. The summed E-state index contributed by atoms with van der Waals surface area (Å²) in [5.41, 5.74) is 1.31. The van der Waals surface area contributed by atoms with E-state index in [2.05, 4.69) is 36.2 Å². The summed E-state index contributed by atoms with van der Waals surface area (Å²) in [6, 6.07) is 2.10. The van der Waals surface area contributed by atoms with Crippen LogP contribution in [0.2, 0.25) is 0 Å². The lowest BCUT2D eigenvalue weighted by atomic mass is 10.2. The highest BCUT2D eigenvalue weighted by atomic mass is 14.9. The van der Waals surface area contributed by atoms with Crippen molar-refractivity contribution in [3.63, 3.8) is 0 Å². The van der Waals surface area contributed by atoms with Gasteiger partial charge in [0.2, 0.25) is 0 Å². The van der Waals surface area contributed by atoms with E-state index < -0.39 is 0 Å². The largest absolute Gasteiger partial charge is 0.350 e. The van der Waals surface area contributed by atoms with Crippen LogP contribution in [0.15, 0.2) is 43.8 Å². The zero-order valence-corrected chi connectivity index (χ0v) is 6.66. The van der Waals surface area contributed by atoms with Crippen molar-refractivity contribution >= 4 is 0 Å². The van der Waals surface area contributed by atoms with Crippen molar-refractivity contribution in [2.45, 2.75) is 13.0 Å². The molecule has 0 aliphatic heterocycles. The molecule has 0 fully saturated rings. The molecular formula is C10H13N. The van der Waals surface area contributed by atoms with Crippen LogP contribution in [0.25, 0.3) is 0 Å². The van der Waals surface area contributed by atoms with E-state index >= 15 is 0 Å². The van der Waals surface area contributed by atoms with E-state index in [9.17, 15) is 0 Å². The highest BCUT2D eigenvalue weighted by molar-refractivity contribution is 5.13. The van der Waals surface area contributed by atoms with Gasteiger partial charge in [0, 0.05) is 18.9 Å². The van der Waals surface area contributed by atoms with Gasteiger partial charge in [-0.05, 0) is 18.1 Å². The van der Waals surface area contributed by atoms with Gasteiger partial charge >= 0.3 is 0 Å². The van der Waals surface area contributed by atoms with Crippen LogP contribution < -0.4 is 0 Å². The zero-order valence-electron chi connectivity index (χ0n) is 6.66. The van der Waals surface area contributed by atoms with E-state index in [1.807, 2.05) is 12.2 Å². The van der Waals surface area contributed by atoms with E-state index in [1.165, 1.54) is 5.56 Å². The standard InChI is InChI=1S/C10H13N/c1-3-5-10-6-8-11(9-10)7-4-2/h3-4,6,8-9H,1-2,5,7H2. The molecular weight excluding hydrogens is 134 g/mol. The zero-order chi connectivity index (χ0) is 8.10. The Labute approximate surface area is 67.7 Å². The monoisotopic (exact) mass is 147 g/mol. The summed E-state index contributed by atoms with van der Waals surface area (Å²) >= 11 is 0. The summed E-state index contributed by atoms with van der Waals surface area (Å²) < 4.78 is 2.10. The Balaban J connectivity index is 2.64. The van der Waals surface area contributed by atoms with E-state index in [-0.39, 0.29) is 0 Å². The molecule has 0 radical (unpaired) electrons. The van der Waals surface area contributed by atoms with Gasteiger partial charge in [-0.1, -0.05) is 12.2 Å². The summed E-state index contributed by atoms with van der Waals surface area (Å²) in [5.74, 6) is 0. The van der Waals surface area contributed by atoms with Crippen molar-refractivity contribution in [2.24, 2.45) is 0 Å². The molecule has 58 valence electrons. The molecule has 0 spiro atoms. The molecule has 0 unspecified atom stereocenters. The van der Waals surface area contributed by atoms with Crippen molar-refractivity contribution in [3.05, 3.63) is 49.3 Å². The summed E-state index contributed by atoms with van der Waals surface area (Å²) in [6.07, 6.45) is 8.92. The van der Waals surface area contributed by atoms with Gasteiger partial charge < -0.3 is 4.57 Å². The van der Waals surface area contributed by atoms with Crippen LogP contribution in [0.5, 0.6) is 0 Å². The maximum atomic E-state index is 3.68. The van der Waals surface area contributed by atoms with Crippen molar-refractivity contribution in [1.29, 1.82) is 0 Å². The van der Waals surface area contributed by atoms with Gasteiger partial charge in [0.15, 0.2) is 0 Å². The van der Waals surface area contributed by atoms with Crippen molar-refractivity contribution in [3.8, 4) is 0 Å². The van der Waals surface area contributed by atoms with Crippen LogP contribution in [-0.2, 0) is 13.0 Å². The molecule has 11 heavy (non-hydrogen) atoms. The summed E-state index contributed by atoms with van der Waals surface area (Å²) in [5, 5.41) is 0. The molecule has 0 aliphatic rings. The predicted molar refractivity (Wildman–Crippen MR) is 48.5 cm³/mol. The lowest BCUT2D eigenvalue weighted by Gasteiger charge is -1.93. The summed E-state index contributed by atoms with van der Waals surface area (Å²) in [4.78, 5) is 0. The molecule has 0 saturated carbocycles. The number of allylic oxidation sites excluding steroid dienone is 2. The molecule has 0 aromatic carbocycles. The molecule has 1 aromatic heterocycles. The number of aromatic nitrogens is 1. The third-order valence-electron chi connectivity index (χ3n) is 1.53. The molecule has 1 nitrogen and oxygen atoms in total. The molecule has 0 saturated heterocycles. The normalized spacial score (nSPS) is 9.45. The van der Waals surface area contributed by atoms with Crippen molar-refractivity contribution in [1.82, 2.24) is 4.57 Å². The molecule has 1 heterocycles. The topological polar surface area (TPSA) is 4.93 Å². The minimum atomic E-state index is 0.886. The van der Waals surface area contributed by atoms with Gasteiger partial charge in [0.1, 0.15) is 0 Å². The number of nitrogens with zero attached hydrogens (tertiary/aromatic N) is 1. The van der Waals surface area contributed by atoms with Crippen LogP contribution in [0, 0.1) is 0 Å². The van der Waals surface area contributed by atoms with Gasteiger partial charge in [0.25, 0.3) is 0 Å². The highest BCUT2D eigenvalue weighted by Gasteiger charge is 1.91. The Kier molecular flexibility index (Phi) is 2.73. The van der Waals surface area contributed by atoms with Crippen molar-refractivity contribution < 1.29 is 0 Å². The second-order valence-electron chi connectivity index (χ2n) is 2.50. The van der Waals surface area contributed by atoms with E-state index in [1.54, 1.807) is 0 Å². The van der Waals surface area contributed by atoms with Crippen LogP contribution in [0.3, 0.4) is 0 Å². The Bertz CT molecular complexity index is 221. The average Bonchev–Trinajstić information content (AvgIpc) is 2.38. The molecule has 0 amide bonds. The van der Waals surface area contributed by atoms with Gasteiger partial charge in [-0.25, -0.2) is 0 Å². The summed E-state index contributed by atoms with van der Waals surface area (Å²) in [6.45, 7) is 8.24. The van der Waals surface area contributed by atoms with E-state index in [0.717, 1.165) is 13.0 Å². The number of hydrogen-bond donors (Lipinski definition) is 0. The predicted octanol–water partition coefficient (Wildman–Crippen LogP) is 2.40. The Morgan fingerprint density at radius 2 is 2.18 bits per heavy atom. The Morgan fingerprint density at radius 3 is 2.82 bits per heavy atom. The maximum absolute atomic E-state index is 3.68. The second kappa shape index (κ2) is 3.81. The molecule has 1 aromatic rings. The minimum Gasteiger partial charge on any atom is -0.350 e. The van der Waals surface area contributed by atoms with Gasteiger partial charge in [0.05, 0.1) is 0 Å². The Morgan fingerprint density at radius 1 is 1.36 bits per heavy atom. The lowest BCUT2D eigenvalue weighted by Crippen LogP contribution is -1.88. The first-order valence-electron chi connectivity index (χ1n) is 3.73.